The molecule has 0 radical (unpaired) electrons. The van der Waals surface area contributed by atoms with Gasteiger partial charge in [0.15, 0.2) is 0 Å². The first-order valence-electron chi connectivity index (χ1n) is 6.46. The largest absolute Gasteiger partial charge is 0.416 e. The Kier molecular flexibility index (Phi) is 4.04. The summed E-state index contributed by atoms with van der Waals surface area (Å²) in [6, 6.07) is 4.01. The first kappa shape index (κ1) is 14.2. The van der Waals surface area contributed by atoms with E-state index in [4.69, 9.17) is 4.74 Å². The van der Waals surface area contributed by atoms with Crippen molar-refractivity contribution in [1.29, 1.82) is 0 Å². The van der Waals surface area contributed by atoms with Crippen LogP contribution in [-0.2, 0) is 10.9 Å². The highest BCUT2D eigenvalue weighted by Crippen LogP contribution is 2.34. The third kappa shape index (κ3) is 3.41. The summed E-state index contributed by atoms with van der Waals surface area (Å²) in [5, 5.41) is 3.17. The Labute approximate surface area is 111 Å². The summed E-state index contributed by atoms with van der Waals surface area (Å²) in [6.45, 7) is 4.43. The van der Waals surface area contributed by atoms with Gasteiger partial charge in [-0.1, -0.05) is 6.07 Å². The lowest BCUT2D eigenvalue weighted by atomic mass is 9.88. The maximum atomic E-state index is 12.6. The summed E-state index contributed by atoms with van der Waals surface area (Å²) in [6.07, 6.45) is -2.35. The van der Waals surface area contributed by atoms with Crippen LogP contribution in [0.25, 0.3) is 0 Å². The van der Waals surface area contributed by atoms with E-state index in [1.54, 1.807) is 6.92 Å². The predicted octanol–water partition coefficient (Wildman–Crippen LogP) is 3.99. The Bertz CT molecular complexity index is 439. The van der Waals surface area contributed by atoms with E-state index in [0.29, 0.717) is 12.3 Å². The fraction of sp³-hybridized carbons (Fsp3) is 0.571. The highest BCUT2D eigenvalue weighted by atomic mass is 19.4. The molecule has 0 saturated heterocycles. The van der Waals surface area contributed by atoms with E-state index >= 15 is 0 Å². The Morgan fingerprint density at radius 1 is 1.32 bits per heavy atom. The van der Waals surface area contributed by atoms with Crippen molar-refractivity contribution in [3.63, 3.8) is 0 Å². The first-order chi connectivity index (χ1) is 8.90. The number of ether oxygens (including phenoxy) is 1. The van der Waals surface area contributed by atoms with E-state index in [9.17, 15) is 13.2 Å². The third-order valence-electron chi connectivity index (χ3n) is 3.42. The lowest BCUT2D eigenvalue weighted by molar-refractivity contribution is -0.137. The molecule has 0 atom stereocenters. The van der Waals surface area contributed by atoms with Gasteiger partial charge in [-0.25, -0.2) is 0 Å². The molecule has 1 N–H and O–H groups in total. The Morgan fingerprint density at radius 2 is 2.00 bits per heavy atom. The first-order valence-corrected chi connectivity index (χ1v) is 6.46. The molecule has 0 spiro atoms. The van der Waals surface area contributed by atoms with E-state index in [-0.39, 0.29) is 12.1 Å². The molecule has 106 valence electrons. The van der Waals surface area contributed by atoms with Gasteiger partial charge in [-0.3, -0.25) is 0 Å². The fourth-order valence-corrected chi connectivity index (χ4v) is 2.23. The molecule has 1 saturated carbocycles. The molecule has 0 aromatic heterocycles. The van der Waals surface area contributed by atoms with Crippen molar-refractivity contribution in [2.24, 2.45) is 0 Å². The van der Waals surface area contributed by atoms with Crippen molar-refractivity contribution in [3.8, 4) is 0 Å². The molecule has 0 heterocycles. The zero-order valence-corrected chi connectivity index (χ0v) is 11.1. The number of aryl methyl sites for hydroxylation is 1. The van der Waals surface area contributed by atoms with E-state index in [1.807, 2.05) is 6.92 Å². The van der Waals surface area contributed by atoms with Crippen LogP contribution < -0.4 is 5.32 Å². The molecule has 1 aliphatic carbocycles. The van der Waals surface area contributed by atoms with Crippen molar-refractivity contribution < 1.29 is 17.9 Å². The number of benzene rings is 1. The number of hydrogen-bond acceptors (Lipinski definition) is 2. The van der Waals surface area contributed by atoms with Crippen LogP contribution in [-0.4, -0.2) is 18.8 Å². The van der Waals surface area contributed by atoms with Crippen LogP contribution in [0.15, 0.2) is 18.2 Å². The predicted molar refractivity (Wildman–Crippen MR) is 68.2 cm³/mol. The molecule has 0 aliphatic heterocycles. The van der Waals surface area contributed by atoms with Gasteiger partial charge in [-0.2, -0.15) is 13.2 Å². The Morgan fingerprint density at radius 3 is 2.58 bits per heavy atom. The number of alkyl halides is 3. The van der Waals surface area contributed by atoms with Crippen LogP contribution >= 0.6 is 0 Å². The SMILES string of the molecule is CCOC1CC(Nc2cc(C(F)(F)F)ccc2C)C1. The normalized spacial score (nSPS) is 23.0. The zero-order chi connectivity index (χ0) is 14.0. The standard InChI is InChI=1S/C14H18F3NO/c1-3-19-12-7-11(8-12)18-13-6-10(14(15,16)17)5-4-9(13)2/h4-6,11-12,18H,3,7-8H2,1-2H3. The topological polar surface area (TPSA) is 21.3 Å². The number of rotatable bonds is 4. The van der Waals surface area contributed by atoms with Crippen LogP contribution in [0.1, 0.15) is 30.9 Å². The minimum Gasteiger partial charge on any atom is -0.382 e. The molecular formula is C14H18F3NO. The van der Waals surface area contributed by atoms with Gasteiger partial charge in [-0.05, 0) is 44.4 Å². The number of hydrogen-bond donors (Lipinski definition) is 1. The van der Waals surface area contributed by atoms with Gasteiger partial charge in [0.2, 0.25) is 0 Å². The van der Waals surface area contributed by atoms with Gasteiger partial charge in [0, 0.05) is 18.3 Å². The molecule has 1 aromatic carbocycles. The second-order valence-electron chi connectivity index (χ2n) is 4.92. The minimum absolute atomic E-state index is 0.207. The highest BCUT2D eigenvalue weighted by molar-refractivity contribution is 5.54. The maximum Gasteiger partial charge on any atom is 0.416 e. The molecule has 1 fully saturated rings. The number of halogens is 3. The minimum atomic E-state index is -4.29. The van der Waals surface area contributed by atoms with E-state index < -0.39 is 11.7 Å². The van der Waals surface area contributed by atoms with Crippen molar-refractivity contribution in [1.82, 2.24) is 0 Å². The molecule has 0 amide bonds. The van der Waals surface area contributed by atoms with Gasteiger partial charge in [0.1, 0.15) is 0 Å². The number of anilines is 1. The Balaban J connectivity index is 2.01. The van der Waals surface area contributed by atoms with Gasteiger partial charge in [0.05, 0.1) is 11.7 Å². The molecule has 0 bridgehead atoms. The summed E-state index contributed by atoms with van der Waals surface area (Å²) >= 11 is 0. The lowest BCUT2D eigenvalue weighted by Crippen LogP contribution is -2.41. The van der Waals surface area contributed by atoms with Crippen molar-refractivity contribution in [2.75, 3.05) is 11.9 Å². The number of nitrogens with one attached hydrogen (secondary N) is 1. The van der Waals surface area contributed by atoms with Crippen molar-refractivity contribution in [3.05, 3.63) is 29.3 Å². The molecule has 5 heteroatoms. The second-order valence-corrected chi connectivity index (χ2v) is 4.92. The van der Waals surface area contributed by atoms with E-state index in [0.717, 1.165) is 24.5 Å². The van der Waals surface area contributed by atoms with Gasteiger partial charge >= 0.3 is 6.18 Å². The third-order valence-corrected chi connectivity index (χ3v) is 3.42. The van der Waals surface area contributed by atoms with Gasteiger partial charge in [-0.15, -0.1) is 0 Å². The monoisotopic (exact) mass is 273 g/mol. The summed E-state index contributed by atoms with van der Waals surface area (Å²) in [7, 11) is 0. The smallest absolute Gasteiger partial charge is 0.382 e. The van der Waals surface area contributed by atoms with Crippen LogP contribution in [0.2, 0.25) is 0 Å². The van der Waals surface area contributed by atoms with Crippen LogP contribution in [0.3, 0.4) is 0 Å². The molecule has 19 heavy (non-hydrogen) atoms. The second kappa shape index (κ2) is 5.41. The quantitative estimate of drug-likeness (QED) is 0.895. The Hall–Kier alpha value is -1.23. The average Bonchev–Trinajstić information content (AvgIpc) is 2.27. The summed E-state index contributed by atoms with van der Waals surface area (Å²) in [5.41, 5.74) is 0.781. The van der Waals surface area contributed by atoms with Gasteiger partial charge < -0.3 is 10.1 Å². The maximum absolute atomic E-state index is 12.6. The molecule has 2 rings (SSSR count). The zero-order valence-electron chi connectivity index (χ0n) is 11.1. The lowest BCUT2D eigenvalue weighted by Gasteiger charge is -2.36. The van der Waals surface area contributed by atoms with Crippen LogP contribution in [0, 0.1) is 6.92 Å². The highest BCUT2D eigenvalue weighted by Gasteiger charge is 2.32. The molecule has 1 aromatic rings. The molecule has 1 aliphatic rings. The summed E-state index contributed by atoms with van der Waals surface area (Å²) in [5.74, 6) is 0. The molecular weight excluding hydrogens is 255 g/mol. The summed E-state index contributed by atoms with van der Waals surface area (Å²) in [4.78, 5) is 0. The van der Waals surface area contributed by atoms with Crippen molar-refractivity contribution >= 4 is 5.69 Å². The van der Waals surface area contributed by atoms with Crippen LogP contribution in [0.4, 0.5) is 18.9 Å². The molecule has 0 unspecified atom stereocenters. The van der Waals surface area contributed by atoms with Crippen LogP contribution in [0.5, 0.6) is 0 Å². The van der Waals surface area contributed by atoms with Crippen molar-refractivity contribution in [2.45, 2.75) is 45.0 Å². The molecule has 2 nitrogen and oxygen atoms in total. The van der Waals surface area contributed by atoms with E-state index in [1.165, 1.54) is 12.1 Å². The van der Waals surface area contributed by atoms with E-state index in [2.05, 4.69) is 5.32 Å². The van der Waals surface area contributed by atoms with Gasteiger partial charge in [0.25, 0.3) is 0 Å². The fourth-order valence-electron chi connectivity index (χ4n) is 2.23. The average molecular weight is 273 g/mol. The summed E-state index contributed by atoms with van der Waals surface area (Å²) < 4.78 is 43.4.